The number of hydrogen-bond donors (Lipinski definition) is 1. The van der Waals surface area contributed by atoms with Crippen molar-refractivity contribution in [2.24, 2.45) is 0 Å². The van der Waals surface area contributed by atoms with Crippen molar-refractivity contribution in [1.82, 2.24) is 0 Å². The summed E-state index contributed by atoms with van der Waals surface area (Å²) in [4.78, 5) is 13.6. The standard InChI is InChI=1S/C18H19NO3S/c1-12(2)23-17-6-4-3-5-14(17)18(20)19-13-7-8-15-16(11-13)22-10-9-21-15/h3-8,11-12H,9-10H2,1-2H3,(H,19,20). The Bertz CT molecular complexity index is 715. The van der Waals surface area contributed by atoms with Crippen LogP contribution in [-0.4, -0.2) is 24.4 Å². The molecule has 0 saturated heterocycles. The predicted octanol–water partition coefficient (Wildman–Crippen LogP) is 4.21. The van der Waals surface area contributed by atoms with E-state index in [1.807, 2.05) is 36.4 Å². The van der Waals surface area contributed by atoms with Gasteiger partial charge < -0.3 is 14.8 Å². The maximum atomic E-state index is 12.6. The van der Waals surface area contributed by atoms with Crippen LogP contribution in [0.25, 0.3) is 0 Å². The first-order chi connectivity index (χ1) is 11.1. The molecule has 1 aliphatic rings. The molecule has 1 N–H and O–H groups in total. The van der Waals surface area contributed by atoms with Crippen molar-refractivity contribution < 1.29 is 14.3 Å². The Balaban J connectivity index is 1.79. The molecule has 0 fully saturated rings. The maximum Gasteiger partial charge on any atom is 0.256 e. The predicted molar refractivity (Wildman–Crippen MR) is 92.8 cm³/mol. The second-order valence-corrected chi connectivity index (χ2v) is 7.09. The van der Waals surface area contributed by atoms with E-state index in [1.54, 1.807) is 17.8 Å². The van der Waals surface area contributed by atoms with Crippen LogP contribution in [0.2, 0.25) is 0 Å². The minimum Gasteiger partial charge on any atom is -0.486 e. The lowest BCUT2D eigenvalue weighted by atomic mass is 10.2. The summed E-state index contributed by atoms with van der Waals surface area (Å²) in [7, 11) is 0. The first-order valence-corrected chi connectivity index (χ1v) is 8.48. The highest BCUT2D eigenvalue weighted by Gasteiger charge is 2.15. The van der Waals surface area contributed by atoms with E-state index in [0.717, 1.165) is 4.90 Å². The Hall–Kier alpha value is -2.14. The molecule has 2 aromatic rings. The second kappa shape index (κ2) is 6.96. The second-order valence-electron chi connectivity index (χ2n) is 5.48. The van der Waals surface area contributed by atoms with Crippen molar-refractivity contribution in [3.05, 3.63) is 48.0 Å². The van der Waals surface area contributed by atoms with E-state index in [1.165, 1.54) is 0 Å². The van der Waals surface area contributed by atoms with Crippen LogP contribution in [0.15, 0.2) is 47.4 Å². The zero-order valence-electron chi connectivity index (χ0n) is 13.2. The number of hydrogen-bond acceptors (Lipinski definition) is 4. The average molecular weight is 329 g/mol. The smallest absolute Gasteiger partial charge is 0.256 e. The van der Waals surface area contributed by atoms with Gasteiger partial charge in [0.05, 0.1) is 5.56 Å². The van der Waals surface area contributed by atoms with E-state index in [2.05, 4.69) is 19.2 Å². The highest BCUT2D eigenvalue weighted by atomic mass is 32.2. The molecular weight excluding hydrogens is 310 g/mol. The first kappa shape index (κ1) is 15.7. The topological polar surface area (TPSA) is 47.6 Å². The molecule has 0 bridgehead atoms. The van der Waals surface area contributed by atoms with Gasteiger partial charge in [0.2, 0.25) is 0 Å². The number of carbonyl (C=O) groups excluding carboxylic acids is 1. The maximum absolute atomic E-state index is 12.6. The van der Waals surface area contributed by atoms with E-state index in [4.69, 9.17) is 9.47 Å². The molecule has 23 heavy (non-hydrogen) atoms. The zero-order chi connectivity index (χ0) is 16.2. The van der Waals surface area contributed by atoms with Crippen LogP contribution in [0.5, 0.6) is 11.5 Å². The van der Waals surface area contributed by atoms with Gasteiger partial charge in [-0.1, -0.05) is 26.0 Å². The average Bonchev–Trinajstić information content (AvgIpc) is 2.54. The summed E-state index contributed by atoms with van der Waals surface area (Å²) >= 11 is 1.68. The Kier molecular flexibility index (Phi) is 4.76. The number of rotatable bonds is 4. The molecule has 0 radical (unpaired) electrons. The van der Waals surface area contributed by atoms with E-state index in [9.17, 15) is 4.79 Å². The van der Waals surface area contributed by atoms with Gasteiger partial charge in [-0.2, -0.15) is 0 Å². The van der Waals surface area contributed by atoms with Crippen LogP contribution < -0.4 is 14.8 Å². The number of carbonyl (C=O) groups is 1. The Morgan fingerprint density at radius 2 is 1.83 bits per heavy atom. The third-order valence-corrected chi connectivity index (χ3v) is 4.38. The number of ether oxygens (including phenoxy) is 2. The molecule has 0 aliphatic carbocycles. The summed E-state index contributed by atoms with van der Waals surface area (Å²) in [6.07, 6.45) is 0. The van der Waals surface area contributed by atoms with E-state index in [-0.39, 0.29) is 5.91 Å². The molecule has 4 nitrogen and oxygen atoms in total. The number of anilines is 1. The summed E-state index contributed by atoms with van der Waals surface area (Å²) in [5, 5.41) is 3.35. The van der Waals surface area contributed by atoms with E-state index < -0.39 is 0 Å². The van der Waals surface area contributed by atoms with Crippen molar-refractivity contribution in [2.75, 3.05) is 18.5 Å². The lowest BCUT2D eigenvalue weighted by Gasteiger charge is -2.19. The van der Waals surface area contributed by atoms with Gasteiger partial charge >= 0.3 is 0 Å². The summed E-state index contributed by atoms with van der Waals surface area (Å²) < 4.78 is 11.0. The summed E-state index contributed by atoms with van der Waals surface area (Å²) in [5.41, 5.74) is 1.38. The monoisotopic (exact) mass is 329 g/mol. The quantitative estimate of drug-likeness (QED) is 0.854. The lowest BCUT2D eigenvalue weighted by Crippen LogP contribution is -2.16. The molecule has 0 spiro atoms. The molecule has 5 heteroatoms. The zero-order valence-corrected chi connectivity index (χ0v) is 14.0. The first-order valence-electron chi connectivity index (χ1n) is 7.60. The lowest BCUT2D eigenvalue weighted by molar-refractivity contribution is 0.102. The van der Waals surface area contributed by atoms with E-state index in [0.29, 0.717) is 41.2 Å². The SMILES string of the molecule is CC(C)Sc1ccccc1C(=O)Nc1ccc2c(c1)OCCO2. The van der Waals surface area contributed by atoms with Crippen LogP contribution in [0.3, 0.4) is 0 Å². The number of nitrogens with one attached hydrogen (secondary N) is 1. The fraction of sp³-hybridized carbons (Fsp3) is 0.278. The molecule has 1 aliphatic heterocycles. The van der Waals surface area contributed by atoms with Crippen molar-refractivity contribution in [2.45, 2.75) is 24.0 Å². The molecule has 120 valence electrons. The van der Waals surface area contributed by atoms with Gasteiger partial charge in [-0.05, 0) is 24.3 Å². The van der Waals surface area contributed by atoms with Gasteiger partial charge in [0.15, 0.2) is 11.5 Å². The van der Waals surface area contributed by atoms with Crippen LogP contribution in [0.4, 0.5) is 5.69 Å². The van der Waals surface area contributed by atoms with Crippen molar-refractivity contribution in [1.29, 1.82) is 0 Å². The largest absolute Gasteiger partial charge is 0.486 e. The summed E-state index contributed by atoms with van der Waals surface area (Å²) in [5.74, 6) is 1.26. The molecule has 0 aromatic heterocycles. The number of fused-ring (bicyclic) bond motifs is 1. The van der Waals surface area contributed by atoms with Gasteiger partial charge in [-0.25, -0.2) is 0 Å². The molecule has 0 atom stereocenters. The van der Waals surface area contributed by atoms with Gasteiger partial charge in [0.1, 0.15) is 13.2 Å². The minimum absolute atomic E-state index is 0.120. The molecule has 1 amide bonds. The fourth-order valence-corrected chi connectivity index (χ4v) is 3.28. The third kappa shape index (κ3) is 3.79. The van der Waals surface area contributed by atoms with Crippen LogP contribution in [0.1, 0.15) is 24.2 Å². The molecule has 2 aromatic carbocycles. The molecule has 0 unspecified atom stereocenters. The number of benzene rings is 2. The van der Waals surface area contributed by atoms with Crippen LogP contribution >= 0.6 is 11.8 Å². The normalized spacial score (nSPS) is 13.0. The minimum atomic E-state index is -0.120. The molecular formula is C18H19NO3S. The van der Waals surface area contributed by atoms with Gasteiger partial charge in [-0.3, -0.25) is 4.79 Å². The van der Waals surface area contributed by atoms with Gasteiger partial charge in [-0.15, -0.1) is 11.8 Å². The van der Waals surface area contributed by atoms with Crippen molar-refractivity contribution in [3.8, 4) is 11.5 Å². The fourth-order valence-electron chi connectivity index (χ4n) is 2.33. The van der Waals surface area contributed by atoms with Crippen molar-refractivity contribution in [3.63, 3.8) is 0 Å². The number of amides is 1. The molecule has 1 heterocycles. The van der Waals surface area contributed by atoms with E-state index >= 15 is 0 Å². The Labute approximate surface area is 140 Å². The van der Waals surface area contributed by atoms with Crippen LogP contribution in [-0.2, 0) is 0 Å². The highest BCUT2D eigenvalue weighted by Crippen LogP contribution is 2.33. The van der Waals surface area contributed by atoms with Gasteiger partial charge in [0, 0.05) is 21.9 Å². The Morgan fingerprint density at radius 3 is 2.61 bits per heavy atom. The third-order valence-electron chi connectivity index (χ3n) is 3.29. The Morgan fingerprint density at radius 1 is 1.09 bits per heavy atom. The van der Waals surface area contributed by atoms with Crippen LogP contribution in [0, 0.1) is 0 Å². The summed E-state index contributed by atoms with van der Waals surface area (Å²) in [6.45, 7) is 5.30. The molecule has 0 saturated carbocycles. The number of thioether (sulfide) groups is 1. The van der Waals surface area contributed by atoms with Gasteiger partial charge in [0.25, 0.3) is 5.91 Å². The molecule has 3 rings (SSSR count). The summed E-state index contributed by atoms with van der Waals surface area (Å²) in [6, 6.07) is 13.1. The highest BCUT2D eigenvalue weighted by molar-refractivity contribution is 8.00. The van der Waals surface area contributed by atoms with Crippen molar-refractivity contribution >= 4 is 23.4 Å².